The van der Waals surface area contributed by atoms with Gasteiger partial charge in [-0.3, -0.25) is 9.88 Å². The molecule has 1 saturated heterocycles. The average Bonchev–Trinajstić information content (AvgIpc) is 3.13. The van der Waals surface area contributed by atoms with E-state index in [0.29, 0.717) is 0 Å². The number of nitrogens with zero attached hydrogens (tertiary/aromatic N) is 2. The van der Waals surface area contributed by atoms with E-state index in [9.17, 15) is 0 Å². The van der Waals surface area contributed by atoms with Gasteiger partial charge in [0.1, 0.15) is 0 Å². The third-order valence-electron chi connectivity index (χ3n) is 4.06. The number of likely N-dealkylation sites (tertiary alicyclic amines) is 1. The van der Waals surface area contributed by atoms with E-state index in [2.05, 4.69) is 59.3 Å². The Hall–Kier alpha value is -1.93. The lowest BCUT2D eigenvalue weighted by Crippen LogP contribution is -2.19. The molecule has 23 heavy (non-hydrogen) atoms. The summed E-state index contributed by atoms with van der Waals surface area (Å²) in [6, 6.07) is 14.8. The molecule has 2 aromatic rings. The molecule has 1 aromatic carbocycles. The predicted octanol–water partition coefficient (Wildman–Crippen LogP) is 4.94. The first-order chi connectivity index (χ1) is 11.3. The van der Waals surface area contributed by atoms with E-state index in [1.807, 2.05) is 26.1 Å². The molecule has 122 valence electrons. The molecule has 1 aliphatic heterocycles. The van der Waals surface area contributed by atoms with Gasteiger partial charge in [0.25, 0.3) is 0 Å². The summed E-state index contributed by atoms with van der Waals surface area (Å²) in [5.74, 6) is 0. The summed E-state index contributed by atoms with van der Waals surface area (Å²) in [6.07, 6.45) is 6.86. The Balaban J connectivity index is 0.000000924. The molecule has 0 aliphatic carbocycles. The van der Waals surface area contributed by atoms with Crippen LogP contribution in [0.3, 0.4) is 0 Å². The van der Waals surface area contributed by atoms with Crippen LogP contribution in [0.4, 0.5) is 0 Å². The summed E-state index contributed by atoms with van der Waals surface area (Å²) in [4.78, 5) is 7.05. The lowest BCUT2D eigenvalue weighted by Gasteiger charge is -2.14. The summed E-state index contributed by atoms with van der Waals surface area (Å²) in [5.41, 5.74) is 4.83. The normalized spacial score (nSPS) is 15.2. The minimum absolute atomic E-state index is 1.01. The number of pyridine rings is 1. The van der Waals surface area contributed by atoms with Gasteiger partial charge >= 0.3 is 0 Å². The summed E-state index contributed by atoms with van der Waals surface area (Å²) in [6.45, 7) is 9.58. The van der Waals surface area contributed by atoms with E-state index in [1.165, 1.54) is 42.6 Å². The van der Waals surface area contributed by atoms with Gasteiger partial charge in [0, 0.05) is 18.3 Å². The zero-order valence-corrected chi connectivity index (χ0v) is 14.6. The third kappa shape index (κ3) is 5.04. The van der Waals surface area contributed by atoms with Crippen LogP contribution in [0, 0.1) is 6.92 Å². The van der Waals surface area contributed by atoms with Crippen molar-refractivity contribution in [1.82, 2.24) is 9.88 Å². The predicted molar refractivity (Wildman–Crippen MR) is 99.5 cm³/mol. The maximum absolute atomic E-state index is 4.54. The summed E-state index contributed by atoms with van der Waals surface area (Å²) in [7, 11) is 0. The van der Waals surface area contributed by atoms with E-state index in [0.717, 1.165) is 12.2 Å². The first-order valence-electron chi connectivity index (χ1n) is 8.74. The Bertz CT molecular complexity index is 593. The molecule has 2 heteroatoms. The Labute approximate surface area is 140 Å². The molecule has 0 radical (unpaired) electrons. The zero-order valence-electron chi connectivity index (χ0n) is 14.6. The van der Waals surface area contributed by atoms with Crippen molar-refractivity contribution >= 4 is 5.57 Å². The molecular weight excluding hydrogens is 280 g/mol. The molecule has 0 spiro atoms. The monoisotopic (exact) mass is 308 g/mol. The van der Waals surface area contributed by atoms with E-state index >= 15 is 0 Å². The van der Waals surface area contributed by atoms with Crippen LogP contribution >= 0.6 is 0 Å². The standard InChI is InChI=1S/C19H22N2.C2H6/c1-16-7-9-17(10-8-16)18(19-6-2-3-12-20-19)11-15-21-13-4-5-14-21;1-2/h2-3,6-12H,4-5,13-15H2,1H3;1-2H3/b18-11+;. The van der Waals surface area contributed by atoms with Crippen molar-refractivity contribution in [2.24, 2.45) is 0 Å². The fraction of sp³-hybridized carbons (Fsp3) is 0.381. The van der Waals surface area contributed by atoms with Gasteiger partial charge in [-0.15, -0.1) is 0 Å². The van der Waals surface area contributed by atoms with Crippen LogP contribution in [0.25, 0.3) is 5.57 Å². The molecule has 2 heterocycles. The van der Waals surface area contributed by atoms with Gasteiger partial charge in [0.05, 0.1) is 5.69 Å². The van der Waals surface area contributed by atoms with Gasteiger partial charge in [-0.1, -0.05) is 55.8 Å². The van der Waals surface area contributed by atoms with Crippen molar-refractivity contribution in [3.8, 4) is 0 Å². The number of rotatable bonds is 4. The number of aromatic nitrogens is 1. The number of hydrogen-bond acceptors (Lipinski definition) is 2. The van der Waals surface area contributed by atoms with Crippen LogP contribution in [0.1, 0.15) is 43.5 Å². The summed E-state index contributed by atoms with van der Waals surface area (Å²) >= 11 is 0. The highest BCUT2D eigenvalue weighted by atomic mass is 15.1. The van der Waals surface area contributed by atoms with Crippen molar-refractivity contribution < 1.29 is 0 Å². The molecule has 1 aliphatic rings. The number of hydrogen-bond donors (Lipinski definition) is 0. The highest BCUT2D eigenvalue weighted by molar-refractivity contribution is 5.78. The van der Waals surface area contributed by atoms with Crippen LogP contribution in [0.2, 0.25) is 0 Å². The summed E-state index contributed by atoms with van der Waals surface area (Å²) in [5, 5.41) is 0. The highest BCUT2D eigenvalue weighted by Gasteiger charge is 2.11. The second kappa shape index (κ2) is 9.26. The molecule has 0 bridgehead atoms. The van der Waals surface area contributed by atoms with Gasteiger partial charge in [-0.2, -0.15) is 0 Å². The zero-order chi connectivity index (χ0) is 16.5. The van der Waals surface area contributed by atoms with Gasteiger partial charge in [0.15, 0.2) is 0 Å². The second-order valence-electron chi connectivity index (χ2n) is 5.71. The molecule has 0 N–H and O–H groups in total. The van der Waals surface area contributed by atoms with Gasteiger partial charge < -0.3 is 0 Å². The third-order valence-corrected chi connectivity index (χ3v) is 4.06. The Morgan fingerprint density at radius 3 is 2.35 bits per heavy atom. The van der Waals surface area contributed by atoms with Crippen molar-refractivity contribution in [2.45, 2.75) is 33.6 Å². The maximum Gasteiger partial charge on any atom is 0.0705 e. The summed E-state index contributed by atoms with van der Waals surface area (Å²) < 4.78 is 0. The van der Waals surface area contributed by atoms with Crippen LogP contribution in [0.5, 0.6) is 0 Å². The fourth-order valence-electron chi connectivity index (χ4n) is 2.81. The van der Waals surface area contributed by atoms with Crippen LogP contribution < -0.4 is 0 Å². The van der Waals surface area contributed by atoms with Gasteiger partial charge in [0.2, 0.25) is 0 Å². The lowest BCUT2D eigenvalue weighted by molar-refractivity contribution is 0.377. The van der Waals surface area contributed by atoms with E-state index < -0.39 is 0 Å². The molecule has 2 nitrogen and oxygen atoms in total. The molecule has 1 fully saturated rings. The molecule has 0 amide bonds. The van der Waals surface area contributed by atoms with Crippen molar-refractivity contribution in [2.75, 3.05) is 19.6 Å². The number of benzene rings is 1. The van der Waals surface area contributed by atoms with E-state index in [-0.39, 0.29) is 0 Å². The quantitative estimate of drug-likeness (QED) is 0.795. The van der Waals surface area contributed by atoms with Crippen LogP contribution in [0.15, 0.2) is 54.7 Å². The number of aryl methyl sites for hydroxylation is 1. The smallest absolute Gasteiger partial charge is 0.0705 e. The Morgan fingerprint density at radius 1 is 1.04 bits per heavy atom. The lowest BCUT2D eigenvalue weighted by atomic mass is 10.0. The molecular formula is C21H28N2. The van der Waals surface area contributed by atoms with Gasteiger partial charge in [-0.05, 0) is 50.6 Å². The van der Waals surface area contributed by atoms with Crippen molar-refractivity contribution in [3.05, 3.63) is 71.6 Å². The van der Waals surface area contributed by atoms with E-state index in [4.69, 9.17) is 0 Å². The fourth-order valence-corrected chi connectivity index (χ4v) is 2.81. The SMILES string of the molecule is CC.Cc1ccc(/C(=C\CN2CCCC2)c2ccccn2)cc1. The molecule has 3 rings (SSSR count). The van der Waals surface area contributed by atoms with Gasteiger partial charge in [-0.25, -0.2) is 0 Å². The first-order valence-corrected chi connectivity index (χ1v) is 8.74. The van der Waals surface area contributed by atoms with Crippen LogP contribution in [-0.4, -0.2) is 29.5 Å². The van der Waals surface area contributed by atoms with Crippen LogP contribution in [-0.2, 0) is 0 Å². The first kappa shape index (κ1) is 17.4. The largest absolute Gasteiger partial charge is 0.300 e. The molecule has 0 saturated carbocycles. The Morgan fingerprint density at radius 2 is 1.74 bits per heavy atom. The maximum atomic E-state index is 4.54. The van der Waals surface area contributed by atoms with E-state index in [1.54, 1.807) is 0 Å². The Kier molecular flexibility index (Phi) is 7.02. The van der Waals surface area contributed by atoms with Crippen molar-refractivity contribution in [1.29, 1.82) is 0 Å². The molecule has 0 unspecified atom stereocenters. The average molecular weight is 308 g/mol. The second-order valence-corrected chi connectivity index (χ2v) is 5.71. The molecule has 0 atom stereocenters. The molecule has 1 aromatic heterocycles. The minimum Gasteiger partial charge on any atom is -0.300 e. The topological polar surface area (TPSA) is 16.1 Å². The highest BCUT2D eigenvalue weighted by Crippen LogP contribution is 2.22. The van der Waals surface area contributed by atoms with Crippen molar-refractivity contribution in [3.63, 3.8) is 0 Å². The minimum atomic E-state index is 1.01.